The summed E-state index contributed by atoms with van der Waals surface area (Å²) < 4.78 is 37.2. The van der Waals surface area contributed by atoms with E-state index in [1.165, 1.54) is 74.8 Å². The van der Waals surface area contributed by atoms with Crippen molar-refractivity contribution in [3.8, 4) is 5.75 Å². The lowest BCUT2D eigenvalue weighted by Gasteiger charge is -2.20. The number of sulfonamides is 1. The largest absolute Gasteiger partial charge is 0.482 e. The third-order valence-electron chi connectivity index (χ3n) is 4.82. The Balaban J connectivity index is 1.50. The van der Waals surface area contributed by atoms with Gasteiger partial charge in [0.05, 0.1) is 20.6 Å². The molecule has 0 spiro atoms. The van der Waals surface area contributed by atoms with Crippen LogP contribution in [0.4, 0.5) is 17.2 Å². The molecule has 0 aliphatic heterocycles. The van der Waals surface area contributed by atoms with E-state index in [0.717, 1.165) is 4.31 Å². The first kappa shape index (κ1) is 28.7. The fourth-order valence-electron chi connectivity index (χ4n) is 2.97. The van der Waals surface area contributed by atoms with Crippen molar-refractivity contribution in [2.24, 2.45) is 0 Å². The van der Waals surface area contributed by atoms with E-state index in [4.69, 9.17) is 32.7 Å². The molecule has 1 heterocycles. The van der Waals surface area contributed by atoms with Crippen molar-refractivity contribution in [1.29, 1.82) is 0 Å². The summed E-state index contributed by atoms with van der Waals surface area (Å²) >= 11 is 11.7. The molecule has 2 N–H and O–H groups in total. The highest BCUT2D eigenvalue weighted by atomic mass is 35.5. The van der Waals surface area contributed by atoms with Gasteiger partial charge in [-0.25, -0.2) is 18.2 Å². The van der Waals surface area contributed by atoms with Crippen LogP contribution in [0.2, 0.25) is 10.0 Å². The lowest BCUT2D eigenvalue weighted by atomic mass is 10.3. The zero-order chi connectivity index (χ0) is 27.9. The van der Waals surface area contributed by atoms with E-state index in [9.17, 15) is 22.8 Å². The molecule has 0 atom stereocenters. The van der Waals surface area contributed by atoms with Crippen LogP contribution >= 0.6 is 23.2 Å². The Bertz CT molecular complexity index is 1430. The van der Waals surface area contributed by atoms with Crippen LogP contribution in [-0.4, -0.2) is 51.4 Å². The number of aromatic nitrogens is 1. The van der Waals surface area contributed by atoms with Gasteiger partial charge in [-0.1, -0.05) is 23.2 Å². The molecular weight excluding hydrogens is 559 g/mol. The van der Waals surface area contributed by atoms with Crippen LogP contribution in [0.5, 0.6) is 5.75 Å². The van der Waals surface area contributed by atoms with Gasteiger partial charge in [0, 0.05) is 25.9 Å². The van der Waals surface area contributed by atoms with Gasteiger partial charge in [-0.2, -0.15) is 0 Å². The summed E-state index contributed by atoms with van der Waals surface area (Å²) in [5, 5.41) is 5.39. The Morgan fingerprint density at radius 3 is 2.24 bits per heavy atom. The zero-order valence-electron chi connectivity index (χ0n) is 20.1. The van der Waals surface area contributed by atoms with Crippen LogP contribution in [0.15, 0.2) is 65.7 Å². The average molecular weight is 581 g/mol. The Kier molecular flexibility index (Phi) is 9.50. The van der Waals surface area contributed by atoms with Crippen molar-refractivity contribution in [3.63, 3.8) is 0 Å². The lowest BCUT2D eigenvalue weighted by Crippen LogP contribution is -2.26. The summed E-state index contributed by atoms with van der Waals surface area (Å²) in [6, 6.07) is 13.1. The van der Waals surface area contributed by atoms with Crippen molar-refractivity contribution in [2.75, 3.05) is 35.2 Å². The first-order valence-electron chi connectivity index (χ1n) is 10.8. The minimum Gasteiger partial charge on any atom is -0.482 e. The third-order valence-corrected chi connectivity index (χ3v) is 7.11. The maximum absolute atomic E-state index is 12.9. The molecule has 0 saturated heterocycles. The topological polar surface area (TPSA) is 144 Å². The number of carbonyl (C=O) groups is 3. The van der Waals surface area contributed by atoms with E-state index in [1.807, 2.05) is 0 Å². The Morgan fingerprint density at radius 1 is 0.974 bits per heavy atom. The summed E-state index contributed by atoms with van der Waals surface area (Å²) in [6.07, 6.45) is 1.30. The number of rotatable bonds is 10. The quantitative estimate of drug-likeness (QED) is 0.345. The van der Waals surface area contributed by atoms with Crippen molar-refractivity contribution in [1.82, 2.24) is 4.98 Å². The molecule has 2 amide bonds. The minimum absolute atomic E-state index is 0.0373. The summed E-state index contributed by atoms with van der Waals surface area (Å²) in [7, 11) is -2.48. The summed E-state index contributed by atoms with van der Waals surface area (Å²) in [6.45, 7) is 0.281. The number of hydrogen-bond acceptors (Lipinski definition) is 8. The van der Waals surface area contributed by atoms with Gasteiger partial charge in [-0.3, -0.25) is 13.9 Å². The van der Waals surface area contributed by atoms with E-state index in [2.05, 4.69) is 15.6 Å². The van der Waals surface area contributed by atoms with Crippen molar-refractivity contribution in [2.45, 2.75) is 11.8 Å². The van der Waals surface area contributed by atoms with E-state index >= 15 is 0 Å². The van der Waals surface area contributed by atoms with Gasteiger partial charge in [0.1, 0.15) is 5.75 Å². The summed E-state index contributed by atoms with van der Waals surface area (Å²) in [5.41, 5.74) is 0.819. The first-order chi connectivity index (χ1) is 18.0. The van der Waals surface area contributed by atoms with E-state index < -0.39 is 35.1 Å². The number of pyridine rings is 1. The number of hydrogen-bond donors (Lipinski definition) is 2. The third kappa shape index (κ3) is 7.81. The molecule has 0 saturated carbocycles. The van der Waals surface area contributed by atoms with Crippen LogP contribution in [0.1, 0.15) is 6.92 Å². The summed E-state index contributed by atoms with van der Waals surface area (Å²) in [5.74, 6) is -1.38. The maximum atomic E-state index is 12.9. The number of amides is 2. The first-order valence-corrected chi connectivity index (χ1v) is 13.0. The van der Waals surface area contributed by atoms with Crippen LogP contribution in [0.25, 0.3) is 0 Å². The van der Waals surface area contributed by atoms with Crippen LogP contribution in [0.3, 0.4) is 0 Å². The number of benzene rings is 2. The fourth-order valence-corrected chi connectivity index (χ4v) is 4.59. The molecule has 3 aromatic rings. The van der Waals surface area contributed by atoms with Gasteiger partial charge < -0.3 is 20.1 Å². The molecule has 2 aromatic carbocycles. The molecule has 11 nitrogen and oxygen atoms in total. The van der Waals surface area contributed by atoms with Gasteiger partial charge in [0.25, 0.3) is 15.9 Å². The second-order valence-electron chi connectivity index (χ2n) is 7.65. The van der Waals surface area contributed by atoms with E-state index in [0.29, 0.717) is 16.4 Å². The lowest BCUT2D eigenvalue weighted by molar-refractivity contribution is -0.149. The van der Waals surface area contributed by atoms with Crippen molar-refractivity contribution in [3.05, 3.63) is 70.8 Å². The number of nitrogens with one attached hydrogen (secondary N) is 2. The highest BCUT2D eigenvalue weighted by Crippen LogP contribution is 2.25. The number of halogens is 2. The highest BCUT2D eigenvalue weighted by molar-refractivity contribution is 7.92. The van der Waals surface area contributed by atoms with Crippen LogP contribution < -0.4 is 19.7 Å². The van der Waals surface area contributed by atoms with Crippen LogP contribution in [-0.2, 0) is 29.1 Å². The molecule has 0 aliphatic rings. The second-order valence-corrected chi connectivity index (χ2v) is 10.5. The van der Waals surface area contributed by atoms with Gasteiger partial charge in [0.2, 0.25) is 5.91 Å². The summed E-state index contributed by atoms with van der Waals surface area (Å²) in [4.78, 5) is 38.9. The molecule has 200 valence electrons. The Labute approximate surface area is 228 Å². The molecule has 0 fully saturated rings. The van der Waals surface area contributed by atoms with E-state index in [1.54, 1.807) is 0 Å². The SMILES string of the molecule is CC(=O)Nc1ccc(S(=O)(=O)N(C)c2ccc(OCC(=O)OCC(=O)Nc3ncc(Cl)cc3Cl)cc2)cc1. The Hall–Kier alpha value is -3.87. The molecule has 3 rings (SSSR count). The number of ether oxygens (including phenoxy) is 2. The highest BCUT2D eigenvalue weighted by Gasteiger charge is 2.21. The van der Waals surface area contributed by atoms with Gasteiger partial charge >= 0.3 is 5.97 Å². The maximum Gasteiger partial charge on any atom is 0.344 e. The van der Waals surface area contributed by atoms with Crippen molar-refractivity contribution >= 4 is 68.2 Å². The van der Waals surface area contributed by atoms with Gasteiger partial charge in [-0.05, 0) is 54.6 Å². The molecule has 0 unspecified atom stereocenters. The monoisotopic (exact) mass is 580 g/mol. The van der Waals surface area contributed by atoms with Crippen molar-refractivity contribution < 1.29 is 32.3 Å². The fraction of sp³-hybridized carbons (Fsp3) is 0.167. The smallest absolute Gasteiger partial charge is 0.344 e. The normalized spacial score (nSPS) is 10.8. The molecule has 1 aromatic heterocycles. The molecule has 0 aliphatic carbocycles. The number of anilines is 3. The molecule has 0 radical (unpaired) electrons. The second kappa shape index (κ2) is 12.6. The average Bonchev–Trinajstić information content (AvgIpc) is 2.87. The molecule has 14 heteroatoms. The molecular formula is C24H22Cl2N4O7S. The predicted molar refractivity (Wildman–Crippen MR) is 142 cm³/mol. The Morgan fingerprint density at radius 2 is 1.63 bits per heavy atom. The minimum atomic E-state index is -3.87. The number of carbonyl (C=O) groups excluding carboxylic acids is 3. The molecule has 0 bridgehead atoms. The number of esters is 1. The van der Waals surface area contributed by atoms with Gasteiger partial charge in [-0.15, -0.1) is 0 Å². The van der Waals surface area contributed by atoms with Gasteiger partial charge in [0.15, 0.2) is 19.0 Å². The predicted octanol–water partition coefficient (Wildman–Crippen LogP) is 3.73. The number of nitrogens with zero attached hydrogens (tertiary/aromatic N) is 2. The zero-order valence-corrected chi connectivity index (χ0v) is 22.4. The van der Waals surface area contributed by atoms with Crippen LogP contribution in [0, 0.1) is 0 Å². The van der Waals surface area contributed by atoms with E-state index in [-0.39, 0.29) is 27.4 Å². The standard InChI is InChI=1S/C24H22Cl2N4O7S/c1-15(31)28-17-3-9-20(10-4-17)38(34,35)30(2)18-5-7-19(8-6-18)36-14-23(33)37-13-22(32)29-24-21(26)11-16(25)12-27-24/h3-12H,13-14H2,1-2H3,(H,28,31)(H,27,29,32). The molecule has 38 heavy (non-hydrogen) atoms.